The van der Waals surface area contributed by atoms with Crippen LogP contribution in [-0.4, -0.2) is 10.9 Å². The number of oxazole rings is 1. The van der Waals surface area contributed by atoms with Crippen molar-refractivity contribution in [2.75, 3.05) is 0 Å². The Morgan fingerprint density at radius 3 is 2.57 bits per heavy atom. The monoisotopic (exact) mass is 424 g/mol. The number of halogens is 4. The summed E-state index contributed by atoms with van der Waals surface area (Å²) >= 11 is 11.9. The van der Waals surface area contributed by atoms with Crippen LogP contribution >= 0.6 is 23.2 Å². The average molecular weight is 425 g/mol. The molecule has 0 aliphatic carbocycles. The molecule has 0 spiro atoms. The van der Waals surface area contributed by atoms with Gasteiger partial charge in [0.1, 0.15) is 11.6 Å². The predicted octanol–water partition coefficient (Wildman–Crippen LogP) is 5.74. The fourth-order valence-corrected chi connectivity index (χ4v) is 2.98. The van der Waals surface area contributed by atoms with Crippen LogP contribution in [0.25, 0.3) is 11.3 Å². The molecule has 0 fully saturated rings. The summed E-state index contributed by atoms with van der Waals surface area (Å²) in [5.74, 6) is -1.51. The second kappa shape index (κ2) is 8.71. The number of nitrogens with zero attached hydrogens (tertiary/aromatic N) is 1. The summed E-state index contributed by atoms with van der Waals surface area (Å²) in [6.45, 7) is 1.82. The van der Waals surface area contributed by atoms with Crippen molar-refractivity contribution in [3.05, 3.63) is 75.7 Å². The van der Waals surface area contributed by atoms with Crippen molar-refractivity contribution in [3.63, 3.8) is 0 Å². The van der Waals surface area contributed by atoms with E-state index in [9.17, 15) is 13.6 Å². The standard InChI is InChI=1S/C20H16Cl2F2N2O2/c1-11(12-5-6-13(21)14(22)9-12)26-18(27)7-8-19-25-10-17(28-19)20-15(23)3-2-4-16(20)24/h2-6,9-11H,7-8H2,1H3,(H,26,27)/t11-/m1/s1. The van der Waals surface area contributed by atoms with E-state index in [0.29, 0.717) is 10.0 Å². The van der Waals surface area contributed by atoms with Gasteiger partial charge < -0.3 is 9.73 Å². The highest BCUT2D eigenvalue weighted by molar-refractivity contribution is 6.42. The SMILES string of the molecule is C[C@@H](NC(=O)CCc1ncc(-c2c(F)cccc2F)o1)c1ccc(Cl)c(Cl)c1. The lowest BCUT2D eigenvalue weighted by atomic mass is 10.1. The van der Waals surface area contributed by atoms with Crippen LogP contribution < -0.4 is 5.32 Å². The van der Waals surface area contributed by atoms with Gasteiger partial charge in [-0.15, -0.1) is 0 Å². The van der Waals surface area contributed by atoms with E-state index in [-0.39, 0.29) is 42.0 Å². The first-order chi connectivity index (χ1) is 13.3. The molecule has 0 bridgehead atoms. The van der Waals surface area contributed by atoms with Crippen LogP contribution in [0.3, 0.4) is 0 Å². The number of nitrogens with one attached hydrogen (secondary N) is 1. The molecule has 0 aliphatic heterocycles. The van der Waals surface area contributed by atoms with Crippen molar-refractivity contribution < 1.29 is 18.0 Å². The minimum absolute atomic E-state index is 0.0183. The molecule has 0 aliphatic rings. The van der Waals surface area contributed by atoms with Crippen molar-refractivity contribution in [1.29, 1.82) is 0 Å². The Morgan fingerprint density at radius 1 is 1.18 bits per heavy atom. The molecule has 0 radical (unpaired) electrons. The van der Waals surface area contributed by atoms with E-state index in [1.165, 1.54) is 12.3 Å². The highest BCUT2D eigenvalue weighted by atomic mass is 35.5. The Morgan fingerprint density at radius 2 is 1.89 bits per heavy atom. The maximum Gasteiger partial charge on any atom is 0.220 e. The molecule has 3 rings (SSSR count). The second-order valence-electron chi connectivity index (χ2n) is 6.18. The number of aryl methyl sites for hydroxylation is 1. The van der Waals surface area contributed by atoms with Crippen LogP contribution in [0.15, 0.2) is 47.0 Å². The van der Waals surface area contributed by atoms with Crippen LogP contribution in [-0.2, 0) is 11.2 Å². The summed E-state index contributed by atoms with van der Waals surface area (Å²) in [4.78, 5) is 16.2. The minimum atomic E-state index is -0.740. The van der Waals surface area contributed by atoms with E-state index < -0.39 is 11.6 Å². The molecule has 0 saturated heterocycles. The van der Waals surface area contributed by atoms with Gasteiger partial charge in [0.25, 0.3) is 0 Å². The fraction of sp³-hybridized carbons (Fsp3) is 0.200. The van der Waals surface area contributed by atoms with Gasteiger partial charge in [0.15, 0.2) is 11.7 Å². The van der Waals surface area contributed by atoms with Crippen LogP contribution in [0, 0.1) is 11.6 Å². The van der Waals surface area contributed by atoms with Gasteiger partial charge >= 0.3 is 0 Å². The lowest BCUT2D eigenvalue weighted by molar-refractivity contribution is -0.121. The smallest absolute Gasteiger partial charge is 0.220 e. The van der Waals surface area contributed by atoms with Crippen LogP contribution in [0.1, 0.15) is 30.8 Å². The summed E-state index contributed by atoms with van der Waals surface area (Å²) in [5, 5.41) is 3.69. The lowest BCUT2D eigenvalue weighted by Crippen LogP contribution is -2.26. The predicted molar refractivity (Wildman–Crippen MR) is 103 cm³/mol. The zero-order valence-corrected chi connectivity index (χ0v) is 16.3. The summed E-state index contributed by atoms with van der Waals surface area (Å²) in [6, 6.07) is 8.41. The average Bonchev–Trinajstić information content (AvgIpc) is 3.10. The topological polar surface area (TPSA) is 55.1 Å². The Balaban J connectivity index is 1.59. The zero-order chi connectivity index (χ0) is 20.3. The van der Waals surface area contributed by atoms with E-state index in [2.05, 4.69) is 10.3 Å². The number of hydrogen-bond donors (Lipinski definition) is 1. The lowest BCUT2D eigenvalue weighted by Gasteiger charge is -2.14. The van der Waals surface area contributed by atoms with E-state index in [1.807, 2.05) is 6.92 Å². The molecule has 1 N–H and O–H groups in total. The van der Waals surface area contributed by atoms with Crippen LogP contribution in [0.4, 0.5) is 8.78 Å². The first-order valence-electron chi connectivity index (χ1n) is 8.48. The van der Waals surface area contributed by atoms with Gasteiger partial charge in [0.2, 0.25) is 5.91 Å². The molecular weight excluding hydrogens is 409 g/mol. The van der Waals surface area contributed by atoms with E-state index in [0.717, 1.165) is 17.7 Å². The summed E-state index contributed by atoms with van der Waals surface area (Å²) in [7, 11) is 0. The number of benzene rings is 2. The normalized spacial score (nSPS) is 12.0. The molecule has 0 unspecified atom stereocenters. The number of hydrogen-bond acceptors (Lipinski definition) is 3. The van der Waals surface area contributed by atoms with E-state index in [4.69, 9.17) is 27.6 Å². The van der Waals surface area contributed by atoms with Gasteiger partial charge in [0, 0.05) is 12.8 Å². The molecule has 1 heterocycles. The third kappa shape index (κ3) is 4.69. The summed E-state index contributed by atoms with van der Waals surface area (Å²) < 4.78 is 33.0. The third-order valence-electron chi connectivity index (χ3n) is 4.15. The molecule has 1 aromatic heterocycles. The Bertz CT molecular complexity index is 987. The maximum absolute atomic E-state index is 13.8. The van der Waals surface area contributed by atoms with Gasteiger partial charge in [-0.2, -0.15) is 0 Å². The molecule has 1 atom stereocenters. The van der Waals surface area contributed by atoms with E-state index in [1.54, 1.807) is 18.2 Å². The number of rotatable bonds is 6. The highest BCUT2D eigenvalue weighted by Gasteiger charge is 2.17. The molecule has 0 saturated carbocycles. The third-order valence-corrected chi connectivity index (χ3v) is 4.89. The summed E-state index contributed by atoms with van der Waals surface area (Å²) in [5.41, 5.74) is 0.537. The van der Waals surface area contributed by atoms with Gasteiger partial charge in [0.05, 0.1) is 27.8 Å². The Labute approximate surface area is 170 Å². The molecule has 146 valence electrons. The Hall–Kier alpha value is -2.44. The zero-order valence-electron chi connectivity index (χ0n) is 14.8. The summed E-state index contributed by atoms with van der Waals surface area (Å²) in [6.07, 6.45) is 1.54. The molecule has 2 aromatic carbocycles. The van der Waals surface area contributed by atoms with Gasteiger partial charge in [-0.1, -0.05) is 35.3 Å². The van der Waals surface area contributed by atoms with Crippen molar-refractivity contribution in [2.45, 2.75) is 25.8 Å². The molecule has 3 aromatic rings. The molecule has 28 heavy (non-hydrogen) atoms. The first kappa shape index (κ1) is 20.3. The molecule has 1 amide bonds. The van der Waals surface area contributed by atoms with Crippen molar-refractivity contribution in [2.24, 2.45) is 0 Å². The Kier molecular flexibility index (Phi) is 6.31. The number of amides is 1. The van der Waals surface area contributed by atoms with Crippen LogP contribution in [0.2, 0.25) is 10.0 Å². The second-order valence-corrected chi connectivity index (χ2v) is 6.99. The van der Waals surface area contributed by atoms with Gasteiger partial charge in [-0.25, -0.2) is 13.8 Å². The maximum atomic E-state index is 13.8. The van der Waals surface area contributed by atoms with Crippen LogP contribution in [0.5, 0.6) is 0 Å². The molecule has 8 heteroatoms. The molecular formula is C20H16Cl2F2N2O2. The minimum Gasteiger partial charge on any atom is -0.441 e. The molecule has 4 nitrogen and oxygen atoms in total. The number of carbonyl (C=O) groups is 1. The van der Waals surface area contributed by atoms with Crippen molar-refractivity contribution in [3.8, 4) is 11.3 Å². The largest absolute Gasteiger partial charge is 0.441 e. The first-order valence-corrected chi connectivity index (χ1v) is 9.24. The number of carbonyl (C=O) groups excluding carboxylic acids is 1. The van der Waals surface area contributed by atoms with E-state index >= 15 is 0 Å². The number of aromatic nitrogens is 1. The quantitative estimate of drug-likeness (QED) is 0.548. The van der Waals surface area contributed by atoms with Crippen molar-refractivity contribution in [1.82, 2.24) is 10.3 Å². The highest BCUT2D eigenvalue weighted by Crippen LogP contribution is 2.27. The van der Waals surface area contributed by atoms with Crippen molar-refractivity contribution >= 4 is 29.1 Å². The van der Waals surface area contributed by atoms with Gasteiger partial charge in [-0.05, 0) is 36.8 Å². The fourth-order valence-electron chi connectivity index (χ4n) is 2.67. The van der Waals surface area contributed by atoms with Gasteiger partial charge in [-0.3, -0.25) is 4.79 Å².